The van der Waals surface area contributed by atoms with Gasteiger partial charge in [-0.2, -0.15) is 0 Å². The molecule has 0 fully saturated rings. The van der Waals surface area contributed by atoms with Crippen LogP contribution in [0.2, 0.25) is 0 Å². The van der Waals surface area contributed by atoms with Crippen molar-refractivity contribution in [3.63, 3.8) is 0 Å². The molecule has 0 aliphatic carbocycles. The minimum absolute atomic E-state index is 0.238. The molecule has 0 saturated heterocycles. The van der Waals surface area contributed by atoms with Crippen LogP contribution in [0, 0.1) is 10.1 Å². The summed E-state index contributed by atoms with van der Waals surface area (Å²) in [7, 11) is 0. The third-order valence-electron chi connectivity index (χ3n) is 3.13. The van der Waals surface area contributed by atoms with Gasteiger partial charge < -0.3 is 9.47 Å². The zero-order valence-electron chi connectivity index (χ0n) is 13.1. The lowest BCUT2D eigenvalue weighted by molar-refractivity contribution is -0.400. The van der Waals surface area contributed by atoms with Gasteiger partial charge in [-0.25, -0.2) is 0 Å². The van der Waals surface area contributed by atoms with Crippen molar-refractivity contribution in [2.24, 2.45) is 0 Å². The van der Waals surface area contributed by atoms with Crippen molar-refractivity contribution in [3.8, 4) is 11.5 Å². The minimum Gasteiger partial charge on any atom is -0.490 e. The summed E-state index contributed by atoms with van der Waals surface area (Å²) in [6.45, 7) is 0.120. The molecule has 0 N–H and O–H groups in total. The Labute approximate surface area is 139 Å². The SMILES string of the molecule is O=[N+]([O-])/C=C/c1ccc(OCCCF)c(OCc2ccccc2)c1. The van der Waals surface area contributed by atoms with Gasteiger partial charge in [0.2, 0.25) is 6.20 Å². The van der Waals surface area contributed by atoms with Crippen LogP contribution in [0.4, 0.5) is 4.39 Å². The number of ether oxygens (including phenoxy) is 2. The Morgan fingerprint density at radius 2 is 1.88 bits per heavy atom. The minimum atomic E-state index is -0.532. The monoisotopic (exact) mass is 331 g/mol. The van der Waals surface area contributed by atoms with Crippen LogP contribution >= 0.6 is 0 Å². The van der Waals surface area contributed by atoms with E-state index in [1.54, 1.807) is 18.2 Å². The normalized spacial score (nSPS) is 10.7. The van der Waals surface area contributed by atoms with Crippen LogP contribution in [0.5, 0.6) is 11.5 Å². The maximum Gasteiger partial charge on any atom is 0.235 e. The third kappa shape index (κ3) is 5.72. The fourth-order valence-corrected chi connectivity index (χ4v) is 1.98. The molecule has 0 aliphatic heterocycles. The second kappa shape index (κ2) is 9.29. The van der Waals surface area contributed by atoms with Crippen LogP contribution in [0.25, 0.3) is 6.08 Å². The second-order valence-corrected chi connectivity index (χ2v) is 4.97. The standard InChI is InChI=1S/C18H18FNO4/c19-10-4-12-23-17-8-7-15(9-11-20(21)22)13-18(17)24-14-16-5-2-1-3-6-16/h1-3,5-9,11,13H,4,10,12,14H2/b11-9+. The summed E-state index contributed by atoms with van der Waals surface area (Å²) in [5.74, 6) is 0.945. The third-order valence-corrected chi connectivity index (χ3v) is 3.13. The van der Waals surface area contributed by atoms with E-state index >= 15 is 0 Å². The first-order chi connectivity index (χ1) is 11.7. The maximum atomic E-state index is 12.2. The Hall–Kier alpha value is -2.89. The van der Waals surface area contributed by atoms with E-state index in [4.69, 9.17) is 9.47 Å². The average Bonchev–Trinajstić information content (AvgIpc) is 2.60. The van der Waals surface area contributed by atoms with Gasteiger partial charge in [-0.15, -0.1) is 0 Å². The van der Waals surface area contributed by atoms with Gasteiger partial charge >= 0.3 is 0 Å². The molecule has 0 spiro atoms. The van der Waals surface area contributed by atoms with E-state index < -0.39 is 11.6 Å². The van der Waals surface area contributed by atoms with Crippen molar-refractivity contribution in [1.29, 1.82) is 0 Å². The summed E-state index contributed by atoms with van der Waals surface area (Å²) in [6, 6.07) is 14.6. The molecule has 0 radical (unpaired) electrons. The van der Waals surface area contributed by atoms with E-state index in [9.17, 15) is 14.5 Å². The highest BCUT2D eigenvalue weighted by Crippen LogP contribution is 2.30. The van der Waals surface area contributed by atoms with Crippen molar-refractivity contribution in [2.75, 3.05) is 13.3 Å². The first-order valence-electron chi connectivity index (χ1n) is 7.50. The first-order valence-corrected chi connectivity index (χ1v) is 7.50. The van der Waals surface area contributed by atoms with Gasteiger partial charge in [0, 0.05) is 12.5 Å². The lowest BCUT2D eigenvalue weighted by Gasteiger charge is -2.13. The molecule has 5 nitrogen and oxygen atoms in total. The predicted octanol–water partition coefficient (Wildman–Crippen LogP) is 4.25. The number of hydrogen-bond donors (Lipinski definition) is 0. The van der Waals surface area contributed by atoms with Crippen molar-refractivity contribution < 1.29 is 18.8 Å². The molecule has 0 atom stereocenters. The summed E-state index contributed by atoms with van der Waals surface area (Å²) in [6.07, 6.45) is 2.53. The molecule has 0 aromatic heterocycles. The molecular weight excluding hydrogens is 313 g/mol. The molecule has 0 unspecified atom stereocenters. The van der Waals surface area contributed by atoms with Crippen LogP contribution in [-0.4, -0.2) is 18.2 Å². The fourth-order valence-electron chi connectivity index (χ4n) is 1.98. The van der Waals surface area contributed by atoms with Gasteiger partial charge in [0.1, 0.15) is 6.61 Å². The summed E-state index contributed by atoms with van der Waals surface area (Å²) in [5, 5.41) is 10.4. The first kappa shape index (κ1) is 17.5. The summed E-state index contributed by atoms with van der Waals surface area (Å²) < 4.78 is 23.5. The smallest absolute Gasteiger partial charge is 0.235 e. The van der Waals surface area contributed by atoms with E-state index in [2.05, 4.69) is 0 Å². The Balaban J connectivity index is 2.15. The molecule has 2 aromatic rings. The van der Waals surface area contributed by atoms with E-state index in [-0.39, 0.29) is 6.61 Å². The number of nitro groups is 1. The molecule has 0 bridgehead atoms. The molecule has 0 amide bonds. The van der Waals surface area contributed by atoms with Crippen LogP contribution in [0.15, 0.2) is 54.7 Å². The van der Waals surface area contributed by atoms with Crippen LogP contribution in [0.3, 0.4) is 0 Å². The quantitative estimate of drug-likeness (QED) is 0.391. The molecular formula is C18H18FNO4. The summed E-state index contributed by atoms with van der Waals surface area (Å²) >= 11 is 0. The highest BCUT2D eigenvalue weighted by atomic mass is 19.1. The highest BCUT2D eigenvalue weighted by molar-refractivity contribution is 5.55. The molecule has 6 heteroatoms. The molecule has 24 heavy (non-hydrogen) atoms. The maximum absolute atomic E-state index is 12.2. The lowest BCUT2D eigenvalue weighted by Crippen LogP contribution is -2.02. The Morgan fingerprint density at radius 1 is 1.08 bits per heavy atom. The fraction of sp³-hybridized carbons (Fsp3) is 0.222. The van der Waals surface area contributed by atoms with Crippen LogP contribution in [0.1, 0.15) is 17.5 Å². The molecule has 0 saturated carbocycles. The van der Waals surface area contributed by atoms with Crippen molar-refractivity contribution in [2.45, 2.75) is 13.0 Å². The number of nitrogens with zero attached hydrogens (tertiary/aromatic N) is 1. The Kier molecular flexibility index (Phi) is 6.76. The average molecular weight is 331 g/mol. The van der Waals surface area contributed by atoms with Crippen LogP contribution < -0.4 is 9.47 Å². The number of benzene rings is 2. The van der Waals surface area contributed by atoms with E-state index in [1.807, 2.05) is 30.3 Å². The topological polar surface area (TPSA) is 61.6 Å². The van der Waals surface area contributed by atoms with Gasteiger partial charge in [-0.1, -0.05) is 36.4 Å². The number of rotatable bonds is 9. The van der Waals surface area contributed by atoms with Gasteiger partial charge in [0.05, 0.1) is 18.2 Å². The largest absolute Gasteiger partial charge is 0.490 e. The number of hydrogen-bond acceptors (Lipinski definition) is 4. The highest BCUT2D eigenvalue weighted by Gasteiger charge is 2.07. The van der Waals surface area contributed by atoms with Crippen molar-refractivity contribution in [1.82, 2.24) is 0 Å². The van der Waals surface area contributed by atoms with E-state index in [0.717, 1.165) is 11.8 Å². The molecule has 2 rings (SSSR count). The van der Waals surface area contributed by atoms with Gasteiger partial charge in [0.15, 0.2) is 11.5 Å². The van der Waals surface area contributed by atoms with Gasteiger partial charge in [0.25, 0.3) is 0 Å². The lowest BCUT2D eigenvalue weighted by atomic mass is 10.2. The zero-order valence-corrected chi connectivity index (χ0v) is 13.1. The predicted molar refractivity (Wildman–Crippen MR) is 89.3 cm³/mol. The van der Waals surface area contributed by atoms with E-state index in [0.29, 0.717) is 30.1 Å². The number of halogens is 1. The Morgan fingerprint density at radius 3 is 2.58 bits per heavy atom. The Bertz CT molecular complexity index is 689. The summed E-state index contributed by atoms with van der Waals surface area (Å²) in [4.78, 5) is 9.91. The van der Waals surface area contributed by atoms with Crippen LogP contribution in [-0.2, 0) is 6.61 Å². The molecule has 0 aliphatic rings. The van der Waals surface area contributed by atoms with Crippen molar-refractivity contribution in [3.05, 3.63) is 76.0 Å². The molecule has 126 valence electrons. The van der Waals surface area contributed by atoms with Gasteiger partial charge in [-0.3, -0.25) is 14.5 Å². The number of alkyl halides is 1. The van der Waals surface area contributed by atoms with E-state index in [1.165, 1.54) is 6.08 Å². The molecule has 0 heterocycles. The molecule has 2 aromatic carbocycles. The second-order valence-electron chi connectivity index (χ2n) is 4.97. The summed E-state index contributed by atoms with van der Waals surface area (Å²) in [5.41, 5.74) is 1.60. The van der Waals surface area contributed by atoms with Gasteiger partial charge in [-0.05, 0) is 23.3 Å². The van der Waals surface area contributed by atoms with Crippen molar-refractivity contribution >= 4 is 6.08 Å². The zero-order chi connectivity index (χ0) is 17.2.